The molecule has 1 saturated heterocycles. The van der Waals surface area contributed by atoms with Gasteiger partial charge in [0.2, 0.25) is 5.95 Å². The second-order valence-corrected chi connectivity index (χ2v) is 13.8. The van der Waals surface area contributed by atoms with E-state index in [1.807, 2.05) is 35.8 Å². The van der Waals surface area contributed by atoms with Crippen molar-refractivity contribution in [3.05, 3.63) is 59.4 Å². The van der Waals surface area contributed by atoms with E-state index in [0.29, 0.717) is 18.0 Å². The van der Waals surface area contributed by atoms with Crippen molar-refractivity contribution in [2.75, 3.05) is 43.5 Å². The van der Waals surface area contributed by atoms with E-state index < -0.39 is 11.7 Å². The van der Waals surface area contributed by atoms with Crippen LogP contribution in [0.25, 0.3) is 5.52 Å². The Labute approximate surface area is 295 Å². The summed E-state index contributed by atoms with van der Waals surface area (Å²) in [5, 5.41) is 15.4. The number of benzene rings is 1. The van der Waals surface area contributed by atoms with Gasteiger partial charge in [-0.3, -0.25) is 10.00 Å². The summed E-state index contributed by atoms with van der Waals surface area (Å²) in [6, 6.07) is 10.8. The molecule has 1 fully saturated rings. The molecular weight excluding hydrogens is 641 g/mol. The van der Waals surface area contributed by atoms with Crippen molar-refractivity contribution < 1.29 is 17.9 Å². The van der Waals surface area contributed by atoms with Crippen molar-refractivity contribution in [2.45, 2.75) is 116 Å². The number of aromatic amines is 1. The van der Waals surface area contributed by atoms with E-state index in [9.17, 15) is 13.2 Å². The van der Waals surface area contributed by atoms with Gasteiger partial charge in [0.05, 0.1) is 12.7 Å². The van der Waals surface area contributed by atoms with E-state index >= 15 is 0 Å². The van der Waals surface area contributed by atoms with E-state index in [1.165, 1.54) is 71.3 Å². The van der Waals surface area contributed by atoms with Gasteiger partial charge < -0.3 is 15.0 Å². The highest BCUT2D eigenvalue weighted by Gasteiger charge is 2.33. The molecule has 0 spiro atoms. The zero-order valence-electron chi connectivity index (χ0n) is 30.1. The summed E-state index contributed by atoms with van der Waals surface area (Å²) >= 11 is 0. The Morgan fingerprint density at radius 1 is 0.880 bits per heavy atom. The van der Waals surface area contributed by atoms with Crippen LogP contribution in [0.5, 0.6) is 5.75 Å². The molecule has 5 rings (SSSR count). The van der Waals surface area contributed by atoms with Crippen LogP contribution in [0.15, 0.2) is 42.6 Å². The minimum absolute atomic E-state index is 0.251. The summed E-state index contributed by atoms with van der Waals surface area (Å²) in [7, 11) is 1.39. The number of halogens is 3. The van der Waals surface area contributed by atoms with Crippen LogP contribution in [0, 0.1) is 6.92 Å². The SMILES string of the molecule is COc1ccc(CCCCCCCCCCCCCCC(C)N2CCN(c3nc(Nc4cc(C)[nH]n4)c4cccn4n3)CC2)c(C(F)(F)F)c1. The first kappa shape index (κ1) is 37.5. The van der Waals surface area contributed by atoms with Crippen LogP contribution in [0.1, 0.15) is 107 Å². The second-order valence-electron chi connectivity index (χ2n) is 13.8. The number of H-pyrrole nitrogens is 1. The van der Waals surface area contributed by atoms with Crippen LogP contribution in [0.2, 0.25) is 0 Å². The van der Waals surface area contributed by atoms with E-state index in [4.69, 9.17) is 14.8 Å². The summed E-state index contributed by atoms with van der Waals surface area (Å²) in [5.41, 5.74) is 1.72. The molecule has 1 unspecified atom stereocenters. The smallest absolute Gasteiger partial charge is 0.416 e. The number of fused-ring (bicyclic) bond motifs is 1. The number of aromatic nitrogens is 5. The number of aryl methyl sites for hydroxylation is 2. The molecule has 0 amide bonds. The van der Waals surface area contributed by atoms with Crippen LogP contribution < -0.4 is 15.0 Å². The number of alkyl halides is 3. The third-order valence-corrected chi connectivity index (χ3v) is 9.99. The van der Waals surface area contributed by atoms with E-state index in [1.54, 1.807) is 12.1 Å². The first-order valence-corrected chi connectivity index (χ1v) is 18.6. The molecule has 0 radical (unpaired) electrons. The maximum Gasteiger partial charge on any atom is 0.416 e. The number of nitrogens with one attached hydrogen (secondary N) is 2. The molecule has 4 aromatic rings. The fourth-order valence-electron chi connectivity index (χ4n) is 6.98. The number of ether oxygens (including phenoxy) is 1. The van der Waals surface area contributed by atoms with E-state index in [2.05, 4.69) is 32.2 Å². The Hall–Kier alpha value is -3.80. The summed E-state index contributed by atoms with van der Waals surface area (Å²) in [5.74, 6) is 2.49. The molecule has 0 bridgehead atoms. The monoisotopic (exact) mass is 696 g/mol. The molecular formula is C38H55F3N8O. The lowest BCUT2D eigenvalue weighted by Crippen LogP contribution is -2.50. The minimum atomic E-state index is -4.35. The summed E-state index contributed by atoms with van der Waals surface area (Å²) in [4.78, 5) is 9.78. The summed E-state index contributed by atoms with van der Waals surface area (Å²) < 4.78 is 47.1. The van der Waals surface area contributed by atoms with Crippen molar-refractivity contribution >= 4 is 23.1 Å². The lowest BCUT2D eigenvalue weighted by atomic mass is 9.99. The number of methoxy groups -OCH3 is 1. The Balaban J connectivity index is 0.880. The van der Waals surface area contributed by atoms with Crippen molar-refractivity contribution in [3.8, 4) is 5.75 Å². The highest BCUT2D eigenvalue weighted by atomic mass is 19.4. The van der Waals surface area contributed by atoms with Gasteiger partial charge in [0, 0.05) is 50.2 Å². The third-order valence-electron chi connectivity index (χ3n) is 9.99. The minimum Gasteiger partial charge on any atom is -0.497 e. The van der Waals surface area contributed by atoms with Crippen LogP contribution in [-0.4, -0.2) is 69.0 Å². The zero-order valence-corrected chi connectivity index (χ0v) is 30.1. The van der Waals surface area contributed by atoms with Crippen molar-refractivity contribution in [3.63, 3.8) is 0 Å². The molecule has 0 aliphatic carbocycles. The fraction of sp³-hybridized carbons (Fsp3) is 0.605. The third kappa shape index (κ3) is 10.8. The van der Waals surface area contributed by atoms with Gasteiger partial charge >= 0.3 is 6.18 Å². The predicted molar refractivity (Wildman–Crippen MR) is 195 cm³/mol. The highest BCUT2D eigenvalue weighted by Crippen LogP contribution is 2.35. The molecule has 274 valence electrons. The number of rotatable bonds is 20. The molecule has 1 aliphatic rings. The molecule has 4 heterocycles. The lowest BCUT2D eigenvalue weighted by molar-refractivity contribution is -0.138. The number of unbranched alkanes of at least 4 members (excludes halogenated alkanes) is 11. The largest absolute Gasteiger partial charge is 0.497 e. The quantitative estimate of drug-likeness (QED) is 0.0891. The second kappa shape index (κ2) is 18.4. The van der Waals surface area contributed by atoms with E-state index in [0.717, 1.165) is 80.3 Å². The van der Waals surface area contributed by atoms with Crippen LogP contribution in [-0.2, 0) is 12.6 Å². The molecule has 0 saturated carbocycles. The van der Waals surface area contributed by atoms with Crippen molar-refractivity contribution in [1.29, 1.82) is 0 Å². The molecule has 3 aromatic heterocycles. The van der Waals surface area contributed by atoms with Gasteiger partial charge in [-0.05, 0) is 62.9 Å². The molecule has 2 N–H and O–H groups in total. The van der Waals surface area contributed by atoms with Crippen LogP contribution >= 0.6 is 0 Å². The number of anilines is 3. The molecule has 1 aliphatic heterocycles. The maximum absolute atomic E-state index is 13.4. The first-order valence-electron chi connectivity index (χ1n) is 18.6. The van der Waals surface area contributed by atoms with Gasteiger partial charge in [0.15, 0.2) is 11.6 Å². The highest BCUT2D eigenvalue weighted by molar-refractivity contribution is 5.73. The van der Waals surface area contributed by atoms with Gasteiger partial charge in [0.25, 0.3) is 0 Å². The number of nitrogens with zero attached hydrogens (tertiary/aromatic N) is 6. The van der Waals surface area contributed by atoms with E-state index in [-0.39, 0.29) is 5.75 Å². The molecule has 1 aromatic carbocycles. The van der Waals surface area contributed by atoms with Crippen LogP contribution in [0.4, 0.5) is 30.8 Å². The maximum atomic E-state index is 13.4. The molecule has 12 heteroatoms. The van der Waals surface area contributed by atoms with Gasteiger partial charge in [-0.15, -0.1) is 5.10 Å². The Kier molecular flexibility index (Phi) is 13.8. The average molecular weight is 697 g/mol. The Bertz CT molecular complexity index is 1590. The normalized spacial score (nSPS) is 14.8. The standard InChI is InChI=1S/C38H55F3N8O/c1-29-27-35(45-44-29)42-36-34-19-16-22-49(34)46-37(43-36)48-25-23-47(24-26-48)30(2)17-14-12-10-8-6-4-5-7-9-11-13-15-18-31-20-21-32(50-3)28-33(31)38(39,40)41/h16,19-22,27-28,30H,4-15,17-18,23-26H2,1-3H3,(H2,42,43,44,45,46). The molecule has 9 nitrogen and oxygen atoms in total. The Morgan fingerprint density at radius 2 is 1.54 bits per heavy atom. The first-order chi connectivity index (χ1) is 24.2. The van der Waals surface area contributed by atoms with Crippen LogP contribution in [0.3, 0.4) is 0 Å². The van der Waals surface area contributed by atoms with Crippen molar-refractivity contribution in [2.24, 2.45) is 0 Å². The number of hydrogen-bond acceptors (Lipinski definition) is 7. The molecule has 50 heavy (non-hydrogen) atoms. The summed E-state index contributed by atoms with van der Waals surface area (Å²) in [6.07, 6.45) is 13.6. The van der Waals surface area contributed by atoms with Crippen molar-refractivity contribution in [1.82, 2.24) is 29.7 Å². The number of piperazine rings is 1. The van der Waals surface area contributed by atoms with Gasteiger partial charge in [-0.1, -0.05) is 76.7 Å². The fourth-order valence-corrected chi connectivity index (χ4v) is 6.98. The lowest BCUT2D eigenvalue weighted by Gasteiger charge is -2.38. The average Bonchev–Trinajstić information content (AvgIpc) is 3.76. The zero-order chi connectivity index (χ0) is 35.3. The van der Waals surface area contributed by atoms with Gasteiger partial charge in [0.1, 0.15) is 11.3 Å². The number of hydrogen-bond donors (Lipinski definition) is 2. The molecule has 1 atom stereocenters. The predicted octanol–water partition coefficient (Wildman–Crippen LogP) is 9.36. The topological polar surface area (TPSA) is 86.6 Å². The summed E-state index contributed by atoms with van der Waals surface area (Å²) in [6.45, 7) is 8.18. The Morgan fingerprint density at radius 3 is 2.16 bits per heavy atom. The van der Waals surface area contributed by atoms with Gasteiger partial charge in [-0.25, -0.2) is 4.52 Å². The van der Waals surface area contributed by atoms with Gasteiger partial charge in [-0.2, -0.15) is 23.3 Å².